The van der Waals surface area contributed by atoms with Crippen LogP contribution in [-0.2, 0) is 20.0 Å². The van der Waals surface area contributed by atoms with Gasteiger partial charge < -0.3 is 9.47 Å². The van der Waals surface area contributed by atoms with E-state index in [4.69, 9.17) is 9.47 Å². The highest BCUT2D eigenvalue weighted by Gasteiger charge is 2.50. The second-order valence-electron chi connectivity index (χ2n) is 8.35. The fourth-order valence-electron chi connectivity index (χ4n) is 5.13. The average Bonchev–Trinajstić information content (AvgIpc) is 3.06. The van der Waals surface area contributed by atoms with Crippen molar-refractivity contribution in [1.29, 1.82) is 0 Å². The average molecular weight is 419 g/mol. The summed E-state index contributed by atoms with van der Waals surface area (Å²) in [5, 5.41) is 0. The number of hydrogen-bond acceptors (Lipinski definition) is 5. The van der Waals surface area contributed by atoms with E-state index in [0.29, 0.717) is 28.4 Å². The zero-order chi connectivity index (χ0) is 19.6. The van der Waals surface area contributed by atoms with Gasteiger partial charge in [-0.25, -0.2) is 4.79 Å². The summed E-state index contributed by atoms with van der Waals surface area (Å²) >= 11 is 3.76. The predicted molar refractivity (Wildman–Crippen MR) is 117 cm³/mol. The van der Waals surface area contributed by atoms with Crippen LogP contribution in [0.4, 0.5) is 0 Å². The standard InChI is InChI=1S/C23H30O3S2/c1-3-26-21(24)20-18-14-23(9-11-25-12-10-23)13-16(2)19(18)22(28-20)27-15-17-7-5-4-6-8-17/h4-8,16,19,22H,3,9-15H2,1-2H3. The normalized spacial score (nSPS) is 29.0. The first-order valence-electron chi connectivity index (χ1n) is 10.4. The van der Waals surface area contributed by atoms with Crippen molar-refractivity contribution in [3.63, 3.8) is 0 Å². The number of benzene rings is 1. The number of fused-ring (bicyclic) bond motifs is 1. The van der Waals surface area contributed by atoms with Crippen molar-refractivity contribution in [2.75, 3.05) is 19.8 Å². The second-order valence-corrected chi connectivity index (χ2v) is 10.9. The van der Waals surface area contributed by atoms with Crippen LogP contribution in [0.15, 0.2) is 40.8 Å². The maximum Gasteiger partial charge on any atom is 0.344 e. The van der Waals surface area contributed by atoms with Crippen LogP contribution in [0.2, 0.25) is 0 Å². The summed E-state index contributed by atoms with van der Waals surface area (Å²) in [5.74, 6) is 1.96. The van der Waals surface area contributed by atoms with Gasteiger partial charge >= 0.3 is 5.97 Å². The minimum atomic E-state index is -0.105. The highest BCUT2D eigenvalue weighted by Crippen LogP contribution is 2.61. The Bertz CT molecular complexity index is 725. The van der Waals surface area contributed by atoms with Gasteiger partial charge in [-0.3, -0.25) is 0 Å². The Morgan fingerprint density at radius 2 is 2.04 bits per heavy atom. The van der Waals surface area contributed by atoms with Crippen LogP contribution in [0.3, 0.4) is 0 Å². The molecule has 2 aliphatic heterocycles. The highest BCUT2D eigenvalue weighted by molar-refractivity contribution is 8.19. The van der Waals surface area contributed by atoms with Gasteiger partial charge in [0.1, 0.15) is 0 Å². The summed E-state index contributed by atoms with van der Waals surface area (Å²) in [6, 6.07) is 10.6. The lowest BCUT2D eigenvalue weighted by Gasteiger charge is -2.47. The van der Waals surface area contributed by atoms with Crippen LogP contribution in [0.5, 0.6) is 0 Å². The van der Waals surface area contributed by atoms with Gasteiger partial charge in [0.25, 0.3) is 0 Å². The SMILES string of the molecule is CCOC(=O)C1=C2CC3(CCOCC3)CC(C)C2C(SCc2ccccc2)S1. The lowest BCUT2D eigenvalue weighted by atomic mass is 9.61. The summed E-state index contributed by atoms with van der Waals surface area (Å²) in [6.45, 7) is 6.45. The van der Waals surface area contributed by atoms with Gasteiger partial charge in [-0.2, -0.15) is 0 Å². The molecule has 3 nitrogen and oxygen atoms in total. The molecule has 4 rings (SSSR count). The Labute approximate surface area is 177 Å². The number of allylic oxidation sites excluding steroid dienone is 1. The number of carbonyl (C=O) groups is 1. The molecule has 1 aliphatic carbocycles. The van der Waals surface area contributed by atoms with E-state index < -0.39 is 0 Å². The molecule has 0 N–H and O–H groups in total. The molecule has 0 radical (unpaired) electrons. The molecule has 1 saturated carbocycles. The van der Waals surface area contributed by atoms with E-state index in [1.165, 1.54) is 17.6 Å². The molecule has 0 aromatic heterocycles. The Balaban J connectivity index is 1.56. The fourth-order valence-corrected chi connectivity index (χ4v) is 8.41. The van der Waals surface area contributed by atoms with Crippen LogP contribution >= 0.6 is 23.5 Å². The molecule has 3 aliphatic rings. The minimum absolute atomic E-state index is 0.105. The van der Waals surface area contributed by atoms with E-state index >= 15 is 0 Å². The number of ether oxygens (including phenoxy) is 2. The third-order valence-corrected chi connectivity index (χ3v) is 9.43. The number of thioether (sulfide) groups is 2. The summed E-state index contributed by atoms with van der Waals surface area (Å²) < 4.78 is 11.5. The first kappa shape index (κ1) is 20.4. The first-order chi connectivity index (χ1) is 13.6. The molecule has 5 heteroatoms. The van der Waals surface area contributed by atoms with E-state index in [-0.39, 0.29) is 5.97 Å². The van der Waals surface area contributed by atoms with E-state index in [9.17, 15) is 4.79 Å². The van der Waals surface area contributed by atoms with Gasteiger partial charge in [0, 0.05) is 24.9 Å². The molecule has 2 heterocycles. The van der Waals surface area contributed by atoms with Crippen LogP contribution in [0.25, 0.3) is 0 Å². The molecular weight excluding hydrogens is 388 g/mol. The van der Waals surface area contributed by atoms with Crippen LogP contribution in [-0.4, -0.2) is 30.4 Å². The zero-order valence-corrected chi connectivity index (χ0v) is 18.4. The monoisotopic (exact) mass is 418 g/mol. The van der Waals surface area contributed by atoms with Crippen molar-refractivity contribution < 1.29 is 14.3 Å². The van der Waals surface area contributed by atoms with Crippen molar-refractivity contribution >= 4 is 29.5 Å². The van der Waals surface area contributed by atoms with Gasteiger partial charge in [0.2, 0.25) is 0 Å². The Kier molecular flexibility index (Phi) is 6.43. The Hall–Kier alpha value is -0.910. The van der Waals surface area contributed by atoms with Crippen molar-refractivity contribution in [2.45, 2.75) is 49.9 Å². The van der Waals surface area contributed by atoms with E-state index in [1.54, 1.807) is 11.8 Å². The Morgan fingerprint density at radius 3 is 2.75 bits per heavy atom. The van der Waals surface area contributed by atoms with Crippen LogP contribution in [0.1, 0.15) is 45.1 Å². The molecule has 28 heavy (non-hydrogen) atoms. The summed E-state index contributed by atoms with van der Waals surface area (Å²) in [6.07, 6.45) is 4.55. The topological polar surface area (TPSA) is 35.5 Å². The van der Waals surface area contributed by atoms with E-state index in [1.807, 2.05) is 18.7 Å². The molecule has 1 aromatic carbocycles. The quantitative estimate of drug-likeness (QED) is 0.577. The largest absolute Gasteiger partial charge is 0.462 e. The van der Waals surface area contributed by atoms with Crippen LogP contribution < -0.4 is 0 Å². The summed E-state index contributed by atoms with van der Waals surface area (Å²) in [4.78, 5) is 13.7. The Morgan fingerprint density at radius 1 is 1.29 bits per heavy atom. The van der Waals surface area contributed by atoms with Gasteiger partial charge in [-0.05, 0) is 55.1 Å². The molecule has 3 atom stereocenters. The third-order valence-electron chi connectivity index (χ3n) is 6.43. The maximum atomic E-state index is 12.8. The number of carbonyl (C=O) groups excluding carboxylic acids is 1. The van der Waals surface area contributed by atoms with Crippen molar-refractivity contribution in [2.24, 2.45) is 17.3 Å². The summed E-state index contributed by atoms with van der Waals surface area (Å²) in [7, 11) is 0. The number of hydrogen-bond donors (Lipinski definition) is 0. The van der Waals surface area contributed by atoms with Gasteiger partial charge in [-0.1, -0.05) is 37.3 Å². The second kappa shape index (κ2) is 8.85. The lowest BCUT2D eigenvalue weighted by Crippen LogP contribution is -2.40. The summed E-state index contributed by atoms with van der Waals surface area (Å²) in [5.41, 5.74) is 3.05. The third kappa shape index (κ3) is 4.17. The highest BCUT2D eigenvalue weighted by atomic mass is 32.2. The first-order valence-corrected chi connectivity index (χ1v) is 12.3. The minimum Gasteiger partial charge on any atom is -0.462 e. The maximum absolute atomic E-state index is 12.8. The van der Waals surface area contributed by atoms with E-state index in [0.717, 1.165) is 43.1 Å². The fraction of sp³-hybridized carbons (Fsp3) is 0.609. The number of rotatable bonds is 5. The van der Waals surface area contributed by atoms with Crippen LogP contribution in [0, 0.1) is 17.3 Å². The van der Waals surface area contributed by atoms with Gasteiger partial charge in [0.05, 0.1) is 16.1 Å². The van der Waals surface area contributed by atoms with E-state index in [2.05, 4.69) is 37.3 Å². The zero-order valence-electron chi connectivity index (χ0n) is 16.8. The molecule has 152 valence electrons. The van der Waals surface area contributed by atoms with Gasteiger partial charge in [-0.15, -0.1) is 23.5 Å². The smallest absolute Gasteiger partial charge is 0.344 e. The molecular formula is C23H30O3S2. The van der Waals surface area contributed by atoms with Crippen molar-refractivity contribution in [3.8, 4) is 0 Å². The molecule has 0 bridgehead atoms. The molecule has 3 unspecified atom stereocenters. The molecule has 2 fully saturated rings. The number of esters is 1. The molecule has 1 saturated heterocycles. The molecule has 0 amide bonds. The van der Waals surface area contributed by atoms with Gasteiger partial charge in [0.15, 0.2) is 0 Å². The molecule has 1 spiro atoms. The van der Waals surface area contributed by atoms with Crippen molar-refractivity contribution in [1.82, 2.24) is 0 Å². The predicted octanol–water partition coefficient (Wildman–Crippen LogP) is 5.65. The van der Waals surface area contributed by atoms with Crippen molar-refractivity contribution in [3.05, 3.63) is 46.4 Å². The molecule has 1 aromatic rings. The lowest BCUT2D eigenvalue weighted by molar-refractivity contribution is -0.137.